The molecular formula is C14H14ClF2NO3. The number of hydrogen-bond acceptors (Lipinski definition) is 2. The van der Waals surface area contributed by atoms with Crippen LogP contribution in [0.3, 0.4) is 0 Å². The minimum Gasteiger partial charge on any atom is -0.480 e. The molecule has 0 aliphatic carbocycles. The second kappa shape index (κ2) is 5.97. The van der Waals surface area contributed by atoms with Crippen LogP contribution in [0.25, 0.3) is 0 Å². The van der Waals surface area contributed by atoms with Gasteiger partial charge in [0.25, 0.3) is 5.91 Å². The summed E-state index contributed by atoms with van der Waals surface area (Å²) in [4.78, 5) is 25.0. The topological polar surface area (TPSA) is 57.6 Å². The summed E-state index contributed by atoms with van der Waals surface area (Å²) in [6.45, 7) is 1.99. The molecule has 2 unspecified atom stereocenters. The van der Waals surface area contributed by atoms with Crippen LogP contribution >= 0.6 is 11.6 Å². The number of halogens is 3. The van der Waals surface area contributed by atoms with Crippen molar-refractivity contribution in [1.29, 1.82) is 0 Å². The predicted molar refractivity (Wildman–Crippen MR) is 72.2 cm³/mol. The van der Waals surface area contributed by atoms with Crippen LogP contribution in [0, 0.1) is 17.6 Å². The van der Waals surface area contributed by atoms with E-state index in [9.17, 15) is 23.5 Å². The van der Waals surface area contributed by atoms with Gasteiger partial charge >= 0.3 is 5.97 Å². The second-order valence-corrected chi connectivity index (χ2v) is 5.55. The fourth-order valence-corrected chi connectivity index (χ4v) is 2.86. The molecule has 2 atom stereocenters. The third-order valence-electron chi connectivity index (χ3n) is 3.69. The quantitative estimate of drug-likeness (QED) is 0.853. The first kappa shape index (κ1) is 15.7. The SMILES string of the molecule is CC1CCCN(C(=O)c2cc(F)c(F)cc2Cl)C1C(=O)O. The molecule has 1 aromatic rings. The van der Waals surface area contributed by atoms with Crippen molar-refractivity contribution in [2.75, 3.05) is 6.54 Å². The van der Waals surface area contributed by atoms with Gasteiger partial charge in [-0.1, -0.05) is 18.5 Å². The lowest BCUT2D eigenvalue weighted by atomic mass is 9.90. The second-order valence-electron chi connectivity index (χ2n) is 5.15. The molecule has 1 amide bonds. The molecule has 1 heterocycles. The lowest BCUT2D eigenvalue weighted by Crippen LogP contribution is -2.52. The van der Waals surface area contributed by atoms with E-state index in [-0.39, 0.29) is 23.0 Å². The lowest BCUT2D eigenvalue weighted by molar-refractivity contribution is -0.145. The van der Waals surface area contributed by atoms with Crippen molar-refractivity contribution >= 4 is 23.5 Å². The van der Waals surface area contributed by atoms with Gasteiger partial charge in [0.2, 0.25) is 0 Å². The maximum atomic E-state index is 13.3. The number of hydrogen-bond donors (Lipinski definition) is 1. The summed E-state index contributed by atoms with van der Waals surface area (Å²) in [5, 5.41) is 9.05. The predicted octanol–water partition coefficient (Wildman–Crippen LogP) is 2.94. The van der Waals surface area contributed by atoms with Crippen LogP contribution in [0.4, 0.5) is 8.78 Å². The number of amides is 1. The van der Waals surface area contributed by atoms with E-state index < -0.39 is 29.6 Å². The molecule has 21 heavy (non-hydrogen) atoms. The normalized spacial score (nSPS) is 22.2. The number of rotatable bonds is 2. The summed E-state index contributed by atoms with van der Waals surface area (Å²) >= 11 is 5.78. The monoisotopic (exact) mass is 317 g/mol. The highest BCUT2D eigenvalue weighted by Crippen LogP contribution is 2.28. The van der Waals surface area contributed by atoms with Gasteiger partial charge in [0.1, 0.15) is 6.04 Å². The van der Waals surface area contributed by atoms with E-state index >= 15 is 0 Å². The van der Waals surface area contributed by atoms with Crippen LogP contribution in [-0.4, -0.2) is 34.5 Å². The van der Waals surface area contributed by atoms with Crippen molar-refractivity contribution in [2.45, 2.75) is 25.8 Å². The summed E-state index contributed by atoms with van der Waals surface area (Å²) in [7, 11) is 0. The van der Waals surface area contributed by atoms with Gasteiger partial charge in [-0.05, 0) is 30.9 Å². The highest BCUT2D eigenvalue weighted by molar-refractivity contribution is 6.33. The zero-order valence-electron chi connectivity index (χ0n) is 11.3. The minimum atomic E-state index is -1.19. The fourth-order valence-electron chi connectivity index (χ4n) is 2.63. The van der Waals surface area contributed by atoms with E-state index in [0.717, 1.165) is 4.90 Å². The molecule has 0 radical (unpaired) electrons. The molecule has 4 nitrogen and oxygen atoms in total. The number of benzene rings is 1. The van der Waals surface area contributed by atoms with E-state index in [2.05, 4.69) is 0 Å². The molecule has 1 aromatic carbocycles. The van der Waals surface area contributed by atoms with Crippen LogP contribution in [-0.2, 0) is 4.79 Å². The molecule has 7 heteroatoms. The third-order valence-corrected chi connectivity index (χ3v) is 4.00. The molecule has 0 aromatic heterocycles. The van der Waals surface area contributed by atoms with E-state index in [0.29, 0.717) is 25.0 Å². The van der Waals surface area contributed by atoms with E-state index in [4.69, 9.17) is 11.6 Å². The number of carboxylic acids is 1. The Morgan fingerprint density at radius 2 is 1.95 bits per heavy atom. The average Bonchev–Trinajstić information content (AvgIpc) is 2.41. The first-order chi connectivity index (χ1) is 9.82. The average molecular weight is 318 g/mol. The molecule has 1 aliphatic rings. The number of likely N-dealkylation sites (tertiary alicyclic amines) is 1. The van der Waals surface area contributed by atoms with Crippen molar-refractivity contribution in [3.8, 4) is 0 Å². The lowest BCUT2D eigenvalue weighted by Gasteiger charge is -2.37. The Morgan fingerprint density at radius 1 is 1.33 bits per heavy atom. The minimum absolute atomic E-state index is 0.218. The van der Waals surface area contributed by atoms with E-state index in [1.165, 1.54) is 0 Å². The van der Waals surface area contributed by atoms with Crippen LogP contribution in [0.15, 0.2) is 12.1 Å². The number of carboxylic acid groups (broad SMARTS) is 1. The Balaban J connectivity index is 2.38. The van der Waals surface area contributed by atoms with Gasteiger partial charge in [0.05, 0.1) is 10.6 Å². The van der Waals surface area contributed by atoms with Crippen LogP contribution in [0.5, 0.6) is 0 Å². The molecule has 1 N–H and O–H groups in total. The molecule has 0 bridgehead atoms. The maximum absolute atomic E-state index is 13.3. The van der Waals surface area contributed by atoms with E-state index in [1.54, 1.807) is 6.92 Å². The molecule has 0 spiro atoms. The molecular weight excluding hydrogens is 304 g/mol. The Morgan fingerprint density at radius 3 is 2.57 bits per heavy atom. The number of piperidine rings is 1. The van der Waals surface area contributed by atoms with Crippen LogP contribution in [0.1, 0.15) is 30.1 Å². The maximum Gasteiger partial charge on any atom is 0.326 e. The molecule has 1 aliphatic heterocycles. The number of carbonyl (C=O) groups is 2. The molecule has 1 saturated heterocycles. The van der Waals surface area contributed by atoms with Crippen LogP contribution < -0.4 is 0 Å². The third kappa shape index (κ3) is 3.00. The van der Waals surface area contributed by atoms with Crippen molar-refractivity contribution in [1.82, 2.24) is 4.90 Å². The molecule has 2 rings (SSSR count). The summed E-state index contributed by atoms with van der Waals surface area (Å²) in [5.74, 6) is -4.38. The first-order valence-electron chi connectivity index (χ1n) is 6.51. The summed E-state index contributed by atoms with van der Waals surface area (Å²) < 4.78 is 26.4. The zero-order valence-corrected chi connectivity index (χ0v) is 12.0. The number of carbonyl (C=O) groups excluding carboxylic acids is 1. The van der Waals surface area contributed by atoms with Gasteiger partial charge < -0.3 is 10.0 Å². The summed E-state index contributed by atoms with van der Waals surface area (Å²) in [6.07, 6.45) is 1.34. The molecule has 114 valence electrons. The Labute approximate surface area is 125 Å². The van der Waals surface area contributed by atoms with Gasteiger partial charge in [0.15, 0.2) is 11.6 Å². The molecule has 0 saturated carbocycles. The van der Waals surface area contributed by atoms with Crippen molar-refractivity contribution in [2.24, 2.45) is 5.92 Å². The standard InChI is InChI=1S/C14H14ClF2NO3/c1-7-3-2-4-18(12(7)14(20)21)13(19)8-5-10(16)11(17)6-9(8)15/h5-7,12H,2-4H2,1H3,(H,20,21). The molecule has 1 fully saturated rings. The van der Waals surface area contributed by atoms with E-state index in [1.807, 2.05) is 0 Å². The Kier molecular flexibility index (Phi) is 4.46. The fraction of sp³-hybridized carbons (Fsp3) is 0.429. The highest BCUT2D eigenvalue weighted by Gasteiger charge is 2.38. The summed E-state index contributed by atoms with van der Waals surface area (Å²) in [6, 6.07) is 0.432. The van der Waals surface area contributed by atoms with Crippen molar-refractivity contribution in [3.05, 3.63) is 34.4 Å². The van der Waals surface area contributed by atoms with Gasteiger partial charge in [-0.15, -0.1) is 0 Å². The zero-order chi connectivity index (χ0) is 15.7. The van der Waals surface area contributed by atoms with Crippen LogP contribution in [0.2, 0.25) is 5.02 Å². The van der Waals surface area contributed by atoms with Gasteiger partial charge in [-0.2, -0.15) is 0 Å². The van der Waals surface area contributed by atoms with Gasteiger partial charge in [-0.25, -0.2) is 13.6 Å². The highest BCUT2D eigenvalue weighted by atomic mass is 35.5. The summed E-state index contributed by atoms with van der Waals surface area (Å²) in [5.41, 5.74) is -0.226. The Hall–Kier alpha value is -1.69. The van der Waals surface area contributed by atoms with Crippen molar-refractivity contribution < 1.29 is 23.5 Å². The van der Waals surface area contributed by atoms with Crippen molar-refractivity contribution in [3.63, 3.8) is 0 Å². The number of nitrogens with zero attached hydrogens (tertiary/aromatic N) is 1. The Bertz CT molecular complexity index is 594. The first-order valence-corrected chi connectivity index (χ1v) is 6.89. The number of aliphatic carboxylic acids is 1. The largest absolute Gasteiger partial charge is 0.480 e. The van der Waals surface area contributed by atoms with Gasteiger partial charge in [-0.3, -0.25) is 4.79 Å². The smallest absolute Gasteiger partial charge is 0.326 e. The van der Waals surface area contributed by atoms with Gasteiger partial charge in [0, 0.05) is 6.54 Å².